The molecule has 0 fully saturated rings. The Morgan fingerprint density at radius 1 is 1.44 bits per heavy atom. The zero-order chi connectivity index (χ0) is 13.1. The van der Waals surface area contributed by atoms with E-state index in [0.717, 1.165) is 22.0 Å². The molecule has 0 aliphatic heterocycles. The summed E-state index contributed by atoms with van der Waals surface area (Å²) >= 11 is 3.45. The summed E-state index contributed by atoms with van der Waals surface area (Å²) in [6, 6.07) is 8.08. The SMILES string of the molecule is CC(C)c1nn(Cc2cccc(Br)c2)cc1C=O. The summed E-state index contributed by atoms with van der Waals surface area (Å²) in [5.74, 6) is 0.258. The van der Waals surface area contributed by atoms with Crippen molar-refractivity contribution in [2.45, 2.75) is 26.3 Å². The minimum absolute atomic E-state index is 0.258. The van der Waals surface area contributed by atoms with Gasteiger partial charge in [0.1, 0.15) is 0 Å². The van der Waals surface area contributed by atoms with Crippen molar-refractivity contribution < 1.29 is 4.79 Å². The van der Waals surface area contributed by atoms with Gasteiger partial charge in [0, 0.05) is 10.7 Å². The fourth-order valence-electron chi connectivity index (χ4n) is 1.89. The van der Waals surface area contributed by atoms with E-state index in [2.05, 4.69) is 27.1 Å². The number of hydrogen-bond donors (Lipinski definition) is 0. The Morgan fingerprint density at radius 3 is 2.78 bits per heavy atom. The highest BCUT2D eigenvalue weighted by Gasteiger charge is 2.11. The quantitative estimate of drug-likeness (QED) is 0.809. The minimum atomic E-state index is 0.258. The van der Waals surface area contributed by atoms with Crippen LogP contribution in [0.4, 0.5) is 0 Å². The molecule has 94 valence electrons. The molecule has 2 aromatic rings. The van der Waals surface area contributed by atoms with Crippen molar-refractivity contribution in [3.05, 3.63) is 51.8 Å². The van der Waals surface area contributed by atoms with Gasteiger partial charge in [-0.2, -0.15) is 5.10 Å². The first kappa shape index (κ1) is 13.0. The molecule has 0 atom stereocenters. The summed E-state index contributed by atoms with van der Waals surface area (Å²) in [4.78, 5) is 11.0. The second-order valence-electron chi connectivity index (χ2n) is 4.57. The highest BCUT2D eigenvalue weighted by atomic mass is 79.9. The Balaban J connectivity index is 2.27. The molecule has 1 aromatic heterocycles. The van der Waals surface area contributed by atoms with Gasteiger partial charge >= 0.3 is 0 Å². The predicted molar refractivity (Wildman–Crippen MR) is 74.9 cm³/mol. The van der Waals surface area contributed by atoms with Crippen molar-refractivity contribution in [2.75, 3.05) is 0 Å². The monoisotopic (exact) mass is 306 g/mol. The lowest BCUT2D eigenvalue weighted by atomic mass is 10.1. The molecule has 0 bridgehead atoms. The van der Waals surface area contributed by atoms with E-state index in [-0.39, 0.29) is 5.92 Å². The number of rotatable bonds is 4. The van der Waals surface area contributed by atoms with Crippen LogP contribution in [0.3, 0.4) is 0 Å². The van der Waals surface area contributed by atoms with Gasteiger partial charge in [-0.3, -0.25) is 9.48 Å². The van der Waals surface area contributed by atoms with E-state index >= 15 is 0 Å². The van der Waals surface area contributed by atoms with E-state index in [9.17, 15) is 4.79 Å². The van der Waals surface area contributed by atoms with Gasteiger partial charge in [-0.1, -0.05) is 41.9 Å². The minimum Gasteiger partial charge on any atom is -0.298 e. The second kappa shape index (κ2) is 5.48. The number of carbonyl (C=O) groups excluding carboxylic acids is 1. The first-order chi connectivity index (χ1) is 8.60. The third-order valence-corrected chi connectivity index (χ3v) is 3.22. The van der Waals surface area contributed by atoms with Crippen LogP contribution in [0.5, 0.6) is 0 Å². The molecule has 0 saturated carbocycles. The van der Waals surface area contributed by atoms with Gasteiger partial charge in [-0.05, 0) is 23.6 Å². The van der Waals surface area contributed by atoms with Gasteiger partial charge in [-0.25, -0.2) is 0 Å². The molecule has 0 radical (unpaired) electrons. The predicted octanol–water partition coefficient (Wildman–Crippen LogP) is 3.63. The summed E-state index contributed by atoms with van der Waals surface area (Å²) in [5, 5.41) is 4.48. The molecule has 0 saturated heterocycles. The Bertz CT molecular complexity index is 561. The van der Waals surface area contributed by atoms with Gasteiger partial charge in [0.15, 0.2) is 6.29 Å². The van der Waals surface area contributed by atoms with Crippen LogP contribution in [0.25, 0.3) is 0 Å². The first-order valence-electron chi connectivity index (χ1n) is 5.87. The van der Waals surface area contributed by atoms with E-state index in [4.69, 9.17) is 0 Å². The van der Waals surface area contributed by atoms with Crippen LogP contribution < -0.4 is 0 Å². The molecular weight excluding hydrogens is 292 g/mol. The summed E-state index contributed by atoms with van der Waals surface area (Å²) in [7, 11) is 0. The summed E-state index contributed by atoms with van der Waals surface area (Å²) in [6.45, 7) is 4.75. The van der Waals surface area contributed by atoms with Crippen molar-refractivity contribution in [1.82, 2.24) is 9.78 Å². The lowest BCUT2D eigenvalue weighted by Gasteiger charge is -2.03. The van der Waals surface area contributed by atoms with Gasteiger partial charge in [0.2, 0.25) is 0 Å². The maximum atomic E-state index is 11.0. The summed E-state index contributed by atoms with van der Waals surface area (Å²) < 4.78 is 2.87. The zero-order valence-corrected chi connectivity index (χ0v) is 12.0. The Labute approximate surface area is 115 Å². The highest BCUT2D eigenvalue weighted by molar-refractivity contribution is 9.10. The summed E-state index contributed by atoms with van der Waals surface area (Å²) in [6.07, 6.45) is 2.68. The molecule has 0 N–H and O–H groups in total. The number of carbonyl (C=O) groups is 1. The average Bonchev–Trinajstić information content (AvgIpc) is 2.72. The Kier molecular flexibility index (Phi) is 3.97. The molecule has 1 aromatic carbocycles. The fraction of sp³-hybridized carbons (Fsp3) is 0.286. The van der Waals surface area contributed by atoms with Crippen molar-refractivity contribution in [2.24, 2.45) is 0 Å². The van der Waals surface area contributed by atoms with Crippen LogP contribution in [0.15, 0.2) is 34.9 Å². The van der Waals surface area contributed by atoms with E-state index in [0.29, 0.717) is 12.1 Å². The third-order valence-electron chi connectivity index (χ3n) is 2.73. The molecular formula is C14H15BrN2O. The fourth-order valence-corrected chi connectivity index (χ4v) is 2.34. The first-order valence-corrected chi connectivity index (χ1v) is 6.66. The number of aromatic nitrogens is 2. The van der Waals surface area contributed by atoms with Gasteiger partial charge in [-0.15, -0.1) is 0 Å². The van der Waals surface area contributed by atoms with E-state index in [1.165, 1.54) is 0 Å². The highest BCUT2D eigenvalue weighted by Crippen LogP contribution is 2.17. The second-order valence-corrected chi connectivity index (χ2v) is 5.49. The standard InChI is InChI=1S/C14H15BrN2O/c1-10(2)14-12(9-18)8-17(16-14)7-11-4-3-5-13(15)6-11/h3-6,8-10H,7H2,1-2H3. The third kappa shape index (κ3) is 2.88. The number of benzene rings is 1. The molecule has 4 heteroatoms. The molecule has 0 aliphatic carbocycles. The van der Waals surface area contributed by atoms with Crippen LogP contribution in [0.2, 0.25) is 0 Å². The zero-order valence-electron chi connectivity index (χ0n) is 10.4. The normalized spacial score (nSPS) is 10.9. The van der Waals surface area contributed by atoms with Crippen LogP contribution >= 0.6 is 15.9 Å². The van der Waals surface area contributed by atoms with Crippen LogP contribution in [-0.2, 0) is 6.54 Å². The Morgan fingerprint density at radius 2 is 2.22 bits per heavy atom. The van der Waals surface area contributed by atoms with E-state index < -0.39 is 0 Å². The number of hydrogen-bond acceptors (Lipinski definition) is 2. The van der Waals surface area contributed by atoms with Crippen molar-refractivity contribution in [3.8, 4) is 0 Å². The van der Waals surface area contributed by atoms with Crippen molar-refractivity contribution in [3.63, 3.8) is 0 Å². The topological polar surface area (TPSA) is 34.9 Å². The molecule has 3 nitrogen and oxygen atoms in total. The lowest BCUT2D eigenvalue weighted by molar-refractivity contribution is 0.112. The Hall–Kier alpha value is -1.42. The summed E-state index contributed by atoms with van der Waals surface area (Å²) in [5.41, 5.74) is 2.69. The molecule has 2 rings (SSSR count). The average molecular weight is 307 g/mol. The van der Waals surface area contributed by atoms with Gasteiger partial charge in [0.25, 0.3) is 0 Å². The number of aldehydes is 1. The van der Waals surface area contributed by atoms with Gasteiger partial charge in [0.05, 0.1) is 17.8 Å². The van der Waals surface area contributed by atoms with Crippen molar-refractivity contribution in [1.29, 1.82) is 0 Å². The smallest absolute Gasteiger partial charge is 0.153 e. The maximum Gasteiger partial charge on any atom is 0.153 e. The number of nitrogens with zero attached hydrogens (tertiary/aromatic N) is 2. The largest absolute Gasteiger partial charge is 0.298 e. The van der Waals surface area contributed by atoms with Crippen LogP contribution in [-0.4, -0.2) is 16.1 Å². The molecule has 18 heavy (non-hydrogen) atoms. The van der Waals surface area contributed by atoms with E-state index in [1.54, 1.807) is 0 Å². The number of halogens is 1. The molecule has 0 spiro atoms. The maximum absolute atomic E-state index is 11.0. The van der Waals surface area contributed by atoms with Crippen molar-refractivity contribution >= 4 is 22.2 Å². The van der Waals surface area contributed by atoms with Crippen LogP contribution in [0, 0.1) is 0 Å². The van der Waals surface area contributed by atoms with Crippen LogP contribution in [0.1, 0.15) is 41.4 Å². The van der Waals surface area contributed by atoms with Gasteiger partial charge < -0.3 is 0 Å². The molecule has 1 heterocycles. The molecule has 0 unspecified atom stereocenters. The van der Waals surface area contributed by atoms with E-state index in [1.807, 2.05) is 42.9 Å². The molecule has 0 aliphatic rings. The lowest BCUT2D eigenvalue weighted by Crippen LogP contribution is -2.01. The molecule has 0 amide bonds.